The zero-order valence-electron chi connectivity index (χ0n) is 14.1. The number of aliphatic imine (C=N–C) groups is 1. The molecule has 2 atom stereocenters. The Labute approximate surface area is 131 Å². The summed E-state index contributed by atoms with van der Waals surface area (Å²) in [6.45, 7) is 5.23. The van der Waals surface area contributed by atoms with Crippen molar-refractivity contribution in [2.45, 2.75) is 90.4 Å². The lowest BCUT2D eigenvalue weighted by molar-refractivity contribution is 0.182. The summed E-state index contributed by atoms with van der Waals surface area (Å²) in [7, 11) is 0. The number of nitrogens with zero attached hydrogens (tertiary/aromatic N) is 2. The molecular formula is C18H35N3. The van der Waals surface area contributed by atoms with Crippen molar-refractivity contribution in [3.8, 4) is 0 Å². The van der Waals surface area contributed by atoms with Gasteiger partial charge in [0.15, 0.2) is 0 Å². The molecule has 0 fully saturated rings. The molecular weight excluding hydrogens is 258 g/mol. The molecule has 0 saturated carbocycles. The predicted molar refractivity (Wildman–Crippen MR) is 93.6 cm³/mol. The van der Waals surface area contributed by atoms with E-state index in [0.717, 1.165) is 13.0 Å². The van der Waals surface area contributed by atoms with Crippen LogP contribution >= 0.6 is 0 Å². The Morgan fingerprint density at radius 2 is 1.81 bits per heavy atom. The van der Waals surface area contributed by atoms with Crippen molar-refractivity contribution in [1.82, 2.24) is 4.90 Å². The van der Waals surface area contributed by atoms with E-state index in [-0.39, 0.29) is 6.17 Å². The normalized spacial score (nSPS) is 20.6. The fourth-order valence-electron chi connectivity index (χ4n) is 2.84. The number of hydrogen-bond acceptors (Lipinski definition) is 3. The standard InChI is InChI=1S/C18H35N3/c1-3-4-5-6-7-8-9-10-11-12-13-14-18-20-15-16-21(18)17(2)19/h8-9,15,17-18H,3-7,10-14,16,19H2,1-2H3/b9-8+. The van der Waals surface area contributed by atoms with E-state index in [4.69, 9.17) is 5.73 Å². The summed E-state index contributed by atoms with van der Waals surface area (Å²) in [5.41, 5.74) is 5.95. The lowest BCUT2D eigenvalue weighted by atomic mass is 10.1. The molecule has 122 valence electrons. The molecule has 1 heterocycles. The highest BCUT2D eigenvalue weighted by molar-refractivity contribution is 5.62. The van der Waals surface area contributed by atoms with Gasteiger partial charge >= 0.3 is 0 Å². The number of nitrogens with two attached hydrogens (primary N) is 1. The SMILES string of the molecule is CCCCCC/C=C/CCCCCC1N=CCN1C(C)N. The van der Waals surface area contributed by atoms with E-state index in [9.17, 15) is 0 Å². The summed E-state index contributed by atoms with van der Waals surface area (Å²) >= 11 is 0. The number of allylic oxidation sites excluding steroid dienone is 2. The van der Waals surface area contributed by atoms with Crippen LogP contribution < -0.4 is 5.73 Å². The number of hydrogen-bond donors (Lipinski definition) is 1. The molecule has 1 aliphatic rings. The van der Waals surface area contributed by atoms with Gasteiger partial charge < -0.3 is 5.73 Å². The van der Waals surface area contributed by atoms with Crippen LogP contribution in [0.15, 0.2) is 17.1 Å². The minimum Gasteiger partial charge on any atom is -0.316 e. The van der Waals surface area contributed by atoms with Crippen LogP contribution in [0.25, 0.3) is 0 Å². The Kier molecular flexibility index (Phi) is 10.4. The number of rotatable bonds is 12. The summed E-state index contributed by atoms with van der Waals surface area (Å²) in [5, 5.41) is 0. The molecule has 0 aromatic carbocycles. The summed E-state index contributed by atoms with van der Waals surface area (Å²) in [6, 6.07) is 0. The summed E-state index contributed by atoms with van der Waals surface area (Å²) < 4.78 is 0. The van der Waals surface area contributed by atoms with E-state index in [2.05, 4.69) is 29.0 Å². The molecule has 2 unspecified atom stereocenters. The molecule has 0 saturated heterocycles. The first-order valence-corrected chi connectivity index (χ1v) is 8.93. The van der Waals surface area contributed by atoms with E-state index in [1.807, 2.05) is 13.1 Å². The average Bonchev–Trinajstić information content (AvgIpc) is 2.93. The molecule has 1 aliphatic heterocycles. The van der Waals surface area contributed by atoms with Gasteiger partial charge in [-0.1, -0.05) is 44.8 Å². The molecule has 1 rings (SSSR count). The lowest BCUT2D eigenvalue weighted by Crippen LogP contribution is -2.43. The lowest BCUT2D eigenvalue weighted by Gasteiger charge is -2.26. The Hall–Kier alpha value is -0.670. The summed E-state index contributed by atoms with van der Waals surface area (Å²) in [4.78, 5) is 6.80. The summed E-state index contributed by atoms with van der Waals surface area (Å²) in [6.07, 6.45) is 20.2. The second kappa shape index (κ2) is 11.9. The van der Waals surface area contributed by atoms with E-state index < -0.39 is 0 Å². The first-order chi connectivity index (χ1) is 10.3. The smallest absolute Gasteiger partial charge is 0.103 e. The second-order valence-corrected chi connectivity index (χ2v) is 6.21. The third kappa shape index (κ3) is 8.37. The largest absolute Gasteiger partial charge is 0.316 e. The van der Waals surface area contributed by atoms with Crippen LogP contribution in [0.5, 0.6) is 0 Å². The highest BCUT2D eigenvalue weighted by Crippen LogP contribution is 2.16. The first-order valence-electron chi connectivity index (χ1n) is 8.93. The Bertz CT molecular complexity index is 297. The molecule has 21 heavy (non-hydrogen) atoms. The Balaban J connectivity index is 1.93. The van der Waals surface area contributed by atoms with Gasteiger partial charge in [-0.25, -0.2) is 0 Å². The average molecular weight is 293 g/mol. The van der Waals surface area contributed by atoms with Gasteiger partial charge in [-0.05, 0) is 45.4 Å². The van der Waals surface area contributed by atoms with Crippen molar-refractivity contribution in [2.24, 2.45) is 10.7 Å². The maximum Gasteiger partial charge on any atom is 0.103 e. The van der Waals surface area contributed by atoms with Crippen LogP contribution in [-0.2, 0) is 0 Å². The number of unbranched alkanes of at least 4 members (excludes halogenated alkanes) is 7. The predicted octanol–water partition coefficient (Wildman–Crippen LogP) is 4.48. The van der Waals surface area contributed by atoms with Crippen LogP contribution in [-0.4, -0.2) is 30.0 Å². The van der Waals surface area contributed by atoms with Gasteiger partial charge in [0.1, 0.15) is 6.17 Å². The Morgan fingerprint density at radius 1 is 1.14 bits per heavy atom. The van der Waals surface area contributed by atoms with Gasteiger partial charge in [-0.3, -0.25) is 9.89 Å². The minimum absolute atomic E-state index is 0.119. The van der Waals surface area contributed by atoms with Gasteiger partial charge in [0.25, 0.3) is 0 Å². The van der Waals surface area contributed by atoms with Gasteiger partial charge in [0.05, 0.1) is 6.17 Å². The van der Waals surface area contributed by atoms with Gasteiger partial charge in [-0.2, -0.15) is 0 Å². The van der Waals surface area contributed by atoms with E-state index >= 15 is 0 Å². The van der Waals surface area contributed by atoms with E-state index in [0.29, 0.717) is 6.17 Å². The fourth-order valence-corrected chi connectivity index (χ4v) is 2.84. The molecule has 0 aromatic rings. The molecule has 0 bridgehead atoms. The van der Waals surface area contributed by atoms with Crippen LogP contribution in [0.4, 0.5) is 0 Å². The third-order valence-corrected chi connectivity index (χ3v) is 4.20. The minimum atomic E-state index is 0.119. The maximum atomic E-state index is 5.95. The molecule has 0 radical (unpaired) electrons. The molecule has 2 N–H and O–H groups in total. The monoisotopic (exact) mass is 293 g/mol. The molecule has 0 aliphatic carbocycles. The van der Waals surface area contributed by atoms with Crippen LogP contribution in [0.1, 0.15) is 78.1 Å². The van der Waals surface area contributed by atoms with Crippen molar-refractivity contribution in [3.63, 3.8) is 0 Å². The van der Waals surface area contributed by atoms with Crippen LogP contribution in [0.3, 0.4) is 0 Å². The zero-order chi connectivity index (χ0) is 15.3. The quantitative estimate of drug-likeness (QED) is 0.426. The Morgan fingerprint density at radius 3 is 2.43 bits per heavy atom. The third-order valence-electron chi connectivity index (χ3n) is 4.20. The fraction of sp³-hybridized carbons (Fsp3) is 0.833. The first kappa shape index (κ1) is 18.4. The maximum absolute atomic E-state index is 5.95. The van der Waals surface area contributed by atoms with Crippen molar-refractivity contribution < 1.29 is 0 Å². The van der Waals surface area contributed by atoms with Crippen molar-refractivity contribution in [3.05, 3.63) is 12.2 Å². The summed E-state index contributed by atoms with van der Waals surface area (Å²) in [5.74, 6) is 0. The van der Waals surface area contributed by atoms with Gasteiger partial charge in [0, 0.05) is 12.8 Å². The molecule has 3 nitrogen and oxygen atoms in total. The van der Waals surface area contributed by atoms with Crippen molar-refractivity contribution in [1.29, 1.82) is 0 Å². The van der Waals surface area contributed by atoms with Gasteiger partial charge in [-0.15, -0.1) is 0 Å². The zero-order valence-corrected chi connectivity index (χ0v) is 14.1. The van der Waals surface area contributed by atoms with Crippen LogP contribution in [0.2, 0.25) is 0 Å². The molecule has 3 heteroatoms. The van der Waals surface area contributed by atoms with Crippen molar-refractivity contribution >= 4 is 6.21 Å². The second-order valence-electron chi connectivity index (χ2n) is 6.21. The van der Waals surface area contributed by atoms with E-state index in [1.165, 1.54) is 57.8 Å². The van der Waals surface area contributed by atoms with E-state index in [1.54, 1.807) is 0 Å². The molecule has 0 spiro atoms. The topological polar surface area (TPSA) is 41.6 Å². The highest BCUT2D eigenvalue weighted by Gasteiger charge is 2.22. The van der Waals surface area contributed by atoms with Gasteiger partial charge in [0.2, 0.25) is 0 Å². The molecule has 0 amide bonds. The van der Waals surface area contributed by atoms with Crippen molar-refractivity contribution in [2.75, 3.05) is 6.54 Å². The van der Waals surface area contributed by atoms with Crippen LogP contribution in [0, 0.1) is 0 Å². The molecule has 0 aromatic heterocycles. The highest BCUT2D eigenvalue weighted by atomic mass is 15.3.